The van der Waals surface area contributed by atoms with Gasteiger partial charge in [0, 0.05) is 32.1 Å². The number of ether oxygens (including phenoxy) is 1. The Morgan fingerprint density at radius 3 is 2.38 bits per heavy atom. The molecule has 0 saturated carbocycles. The van der Waals surface area contributed by atoms with E-state index in [4.69, 9.17) is 16.3 Å². The lowest BCUT2D eigenvalue weighted by Gasteiger charge is -2.18. The van der Waals surface area contributed by atoms with Crippen molar-refractivity contribution in [3.05, 3.63) is 0 Å². The number of halogens is 1. The maximum atomic E-state index is 11.6. The van der Waals surface area contributed by atoms with E-state index in [0.717, 1.165) is 0 Å². The third-order valence-electron chi connectivity index (χ3n) is 2.02. The van der Waals surface area contributed by atoms with Crippen molar-refractivity contribution in [2.24, 2.45) is 0 Å². The van der Waals surface area contributed by atoms with Crippen LogP contribution in [0.25, 0.3) is 0 Å². The molecule has 16 heavy (non-hydrogen) atoms. The fourth-order valence-corrected chi connectivity index (χ4v) is 2.56. The third kappa shape index (κ3) is 6.65. The molecular weight excluding hydrogens is 252 g/mol. The molecule has 0 bridgehead atoms. The largest absolute Gasteiger partial charge is 0.380 e. The molecule has 0 amide bonds. The molecule has 1 N–H and O–H groups in total. The van der Waals surface area contributed by atoms with E-state index in [0.29, 0.717) is 45.1 Å². The van der Waals surface area contributed by atoms with Crippen LogP contribution < -0.4 is 4.72 Å². The average Bonchev–Trinajstić information content (AvgIpc) is 2.24. The van der Waals surface area contributed by atoms with E-state index in [1.807, 2.05) is 13.8 Å². The lowest BCUT2D eigenvalue weighted by Crippen LogP contribution is -2.41. The first kappa shape index (κ1) is 16.1. The first-order valence-electron chi connectivity index (χ1n) is 5.46. The van der Waals surface area contributed by atoms with E-state index in [-0.39, 0.29) is 0 Å². The number of nitrogens with zero attached hydrogens (tertiary/aromatic N) is 1. The fraction of sp³-hybridized carbons (Fsp3) is 1.00. The minimum absolute atomic E-state index is 0.390. The molecule has 0 saturated heterocycles. The highest BCUT2D eigenvalue weighted by atomic mass is 35.5. The molecule has 0 fully saturated rings. The van der Waals surface area contributed by atoms with Crippen LogP contribution in [0, 0.1) is 0 Å². The molecule has 0 aromatic rings. The van der Waals surface area contributed by atoms with Gasteiger partial charge in [-0.15, -0.1) is 11.6 Å². The number of rotatable bonds is 10. The van der Waals surface area contributed by atoms with Crippen molar-refractivity contribution < 1.29 is 13.2 Å². The van der Waals surface area contributed by atoms with Crippen LogP contribution in [0.2, 0.25) is 0 Å². The van der Waals surface area contributed by atoms with Crippen LogP contribution in [0.5, 0.6) is 0 Å². The SMILES string of the molecule is CCN(CC)S(=O)(=O)NCCCOCCCl. The van der Waals surface area contributed by atoms with Gasteiger partial charge in [-0.1, -0.05) is 13.8 Å². The normalized spacial score (nSPS) is 12.2. The van der Waals surface area contributed by atoms with Crippen molar-refractivity contribution in [1.29, 1.82) is 0 Å². The minimum atomic E-state index is -3.31. The summed E-state index contributed by atoms with van der Waals surface area (Å²) in [6, 6.07) is 0. The van der Waals surface area contributed by atoms with Gasteiger partial charge in [0.1, 0.15) is 0 Å². The Morgan fingerprint density at radius 1 is 1.25 bits per heavy atom. The maximum Gasteiger partial charge on any atom is 0.279 e. The second-order valence-electron chi connectivity index (χ2n) is 3.14. The fourth-order valence-electron chi connectivity index (χ4n) is 1.19. The van der Waals surface area contributed by atoms with Crippen LogP contribution in [0.1, 0.15) is 20.3 Å². The Kier molecular flexibility index (Phi) is 9.25. The van der Waals surface area contributed by atoms with Crippen molar-refractivity contribution in [1.82, 2.24) is 9.03 Å². The summed E-state index contributed by atoms with van der Waals surface area (Å²) in [7, 11) is -3.31. The molecule has 0 spiro atoms. The topological polar surface area (TPSA) is 58.6 Å². The molecule has 0 aliphatic rings. The van der Waals surface area contributed by atoms with Crippen LogP contribution in [0.3, 0.4) is 0 Å². The molecule has 7 heteroatoms. The lowest BCUT2D eigenvalue weighted by atomic mass is 10.5. The van der Waals surface area contributed by atoms with Crippen molar-refractivity contribution in [2.75, 3.05) is 38.7 Å². The number of hydrogen-bond acceptors (Lipinski definition) is 3. The number of nitrogens with one attached hydrogen (secondary N) is 1. The summed E-state index contributed by atoms with van der Waals surface area (Å²) in [4.78, 5) is 0. The lowest BCUT2D eigenvalue weighted by molar-refractivity contribution is 0.147. The average molecular weight is 273 g/mol. The van der Waals surface area contributed by atoms with Gasteiger partial charge in [0.25, 0.3) is 10.2 Å². The molecule has 0 heterocycles. The highest BCUT2D eigenvalue weighted by Crippen LogP contribution is 1.96. The zero-order valence-corrected chi connectivity index (χ0v) is 11.5. The summed E-state index contributed by atoms with van der Waals surface area (Å²) in [5.41, 5.74) is 0. The van der Waals surface area contributed by atoms with E-state index in [1.54, 1.807) is 0 Å². The summed E-state index contributed by atoms with van der Waals surface area (Å²) < 4.78 is 32.3. The van der Waals surface area contributed by atoms with Gasteiger partial charge in [-0.05, 0) is 6.42 Å². The van der Waals surface area contributed by atoms with E-state index in [9.17, 15) is 8.42 Å². The summed E-state index contributed by atoms with van der Waals surface area (Å²) in [5, 5.41) is 0. The van der Waals surface area contributed by atoms with Crippen molar-refractivity contribution in [2.45, 2.75) is 20.3 Å². The van der Waals surface area contributed by atoms with E-state index >= 15 is 0 Å². The minimum Gasteiger partial charge on any atom is -0.380 e. The molecule has 0 rings (SSSR count). The van der Waals surface area contributed by atoms with Gasteiger partial charge in [-0.3, -0.25) is 0 Å². The molecule has 5 nitrogen and oxygen atoms in total. The monoisotopic (exact) mass is 272 g/mol. The Morgan fingerprint density at radius 2 is 1.88 bits per heavy atom. The Balaban J connectivity index is 3.74. The highest BCUT2D eigenvalue weighted by Gasteiger charge is 2.16. The predicted molar refractivity (Wildman–Crippen MR) is 66.0 cm³/mol. The van der Waals surface area contributed by atoms with E-state index in [2.05, 4.69) is 4.72 Å². The second-order valence-corrected chi connectivity index (χ2v) is 5.27. The molecule has 0 aliphatic carbocycles. The van der Waals surface area contributed by atoms with Crippen LogP contribution in [0.15, 0.2) is 0 Å². The zero-order valence-electron chi connectivity index (χ0n) is 9.91. The standard InChI is InChI=1S/C9H21ClN2O3S/c1-3-12(4-2)16(13,14)11-7-5-8-15-9-6-10/h11H,3-9H2,1-2H3. The molecule has 0 unspecified atom stereocenters. The first-order chi connectivity index (χ1) is 7.58. The van der Waals surface area contributed by atoms with Crippen LogP contribution in [-0.4, -0.2) is 51.5 Å². The molecule has 0 atom stereocenters. The van der Waals surface area contributed by atoms with Gasteiger partial charge >= 0.3 is 0 Å². The quantitative estimate of drug-likeness (QED) is 0.473. The summed E-state index contributed by atoms with van der Waals surface area (Å²) in [5.74, 6) is 0.463. The van der Waals surface area contributed by atoms with Gasteiger partial charge in [0.2, 0.25) is 0 Å². The van der Waals surface area contributed by atoms with Crippen molar-refractivity contribution in [3.8, 4) is 0 Å². The molecule has 0 aromatic heterocycles. The number of alkyl halides is 1. The van der Waals surface area contributed by atoms with Crippen molar-refractivity contribution >= 4 is 21.8 Å². The predicted octanol–water partition coefficient (Wildman–Crippen LogP) is 0.808. The highest BCUT2D eigenvalue weighted by molar-refractivity contribution is 7.87. The van der Waals surface area contributed by atoms with E-state index < -0.39 is 10.2 Å². The first-order valence-corrected chi connectivity index (χ1v) is 7.44. The molecule has 0 radical (unpaired) electrons. The number of hydrogen-bond donors (Lipinski definition) is 1. The molecule has 98 valence electrons. The molecule has 0 aromatic carbocycles. The van der Waals surface area contributed by atoms with Gasteiger partial charge < -0.3 is 4.74 Å². The van der Waals surface area contributed by atoms with Gasteiger partial charge in [0.05, 0.1) is 6.61 Å². The Labute approximate surface area is 103 Å². The van der Waals surface area contributed by atoms with Crippen LogP contribution in [-0.2, 0) is 14.9 Å². The molecular formula is C9H21ClN2O3S. The van der Waals surface area contributed by atoms with E-state index in [1.165, 1.54) is 4.31 Å². The summed E-state index contributed by atoms with van der Waals surface area (Å²) >= 11 is 5.42. The van der Waals surface area contributed by atoms with Crippen LogP contribution in [0.4, 0.5) is 0 Å². The summed E-state index contributed by atoms with van der Waals surface area (Å²) in [6.07, 6.45) is 0.650. The Bertz CT molecular complexity index is 255. The van der Waals surface area contributed by atoms with Gasteiger partial charge in [-0.25, -0.2) is 4.72 Å². The maximum absolute atomic E-state index is 11.6. The Hall–Kier alpha value is 0.120. The smallest absolute Gasteiger partial charge is 0.279 e. The van der Waals surface area contributed by atoms with Crippen molar-refractivity contribution in [3.63, 3.8) is 0 Å². The van der Waals surface area contributed by atoms with Crippen LogP contribution >= 0.6 is 11.6 Å². The molecule has 0 aliphatic heterocycles. The second kappa shape index (κ2) is 9.18. The van der Waals surface area contributed by atoms with Gasteiger partial charge in [-0.2, -0.15) is 12.7 Å². The van der Waals surface area contributed by atoms with Gasteiger partial charge in [0.15, 0.2) is 0 Å². The summed E-state index contributed by atoms with van der Waals surface area (Å²) in [6.45, 7) is 6.00. The third-order valence-corrected chi connectivity index (χ3v) is 3.94. The zero-order chi connectivity index (χ0) is 12.4.